The monoisotopic (exact) mass is 554 g/mol. The van der Waals surface area contributed by atoms with Crippen LogP contribution in [-0.4, -0.2) is 49.4 Å². The van der Waals surface area contributed by atoms with Crippen molar-refractivity contribution in [2.45, 2.75) is 51.9 Å². The summed E-state index contributed by atoms with van der Waals surface area (Å²) in [5.41, 5.74) is 3.80. The molecule has 1 fully saturated rings. The van der Waals surface area contributed by atoms with Gasteiger partial charge in [-0.3, -0.25) is 9.98 Å². The molecule has 0 aliphatic heterocycles. The fraction of sp³-hybridized carbons (Fsp3) is 0.400. The molecule has 5 rings (SSSR count). The van der Waals surface area contributed by atoms with Crippen LogP contribution in [0.2, 0.25) is 0 Å². The zero-order valence-electron chi connectivity index (χ0n) is 23.6. The summed E-state index contributed by atoms with van der Waals surface area (Å²) in [5, 5.41) is 8.87. The third-order valence-corrected chi connectivity index (χ3v) is 7.40. The van der Waals surface area contributed by atoms with E-state index >= 15 is 0 Å². The number of halogens is 2. The molecule has 2 atom stereocenters. The van der Waals surface area contributed by atoms with Gasteiger partial charge in [0, 0.05) is 31.3 Å². The summed E-state index contributed by atoms with van der Waals surface area (Å²) in [6.07, 6.45) is 5.86. The second-order valence-corrected chi connectivity index (χ2v) is 12.6. The standard InChI is InChI=1S/C26H24F2N4.C2H6O2S.C2H6/c1-15(14-29-4)20-9-6-10-22(30-20)26-12-11-17(25(26,2)3)16-13-21(31-32-24(16)26)23-18(27)7-5-8-19(23)28;1-5(2,3)4;1-2/h5-10,13-14,17H,1,11-12H2,2-4H3;1-2H3;1-2H3/t17-,26?;;/m0../s1. The molecule has 0 radical (unpaired) electrons. The number of fused-ring (bicyclic) bond motifs is 5. The fourth-order valence-corrected chi connectivity index (χ4v) is 5.83. The van der Waals surface area contributed by atoms with E-state index in [1.165, 1.54) is 18.2 Å². The van der Waals surface area contributed by atoms with Crippen molar-refractivity contribution in [1.82, 2.24) is 15.2 Å². The summed E-state index contributed by atoms with van der Waals surface area (Å²) in [6, 6.07) is 11.6. The Labute approximate surface area is 230 Å². The van der Waals surface area contributed by atoms with Crippen molar-refractivity contribution in [2.24, 2.45) is 10.4 Å². The average molecular weight is 555 g/mol. The van der Waals surface area contributed by atoms with Gasteiger partial charge in [0.15, 0.2) is 0 Å². The summed E-state index contributed by atoms with van der Waals surface area (Å²) >= 11 is 0. The molecule has 2 aromatic heterocycles. The highest BCUT2D eigenvalue weighted by atomic mass is 32.2. The molecule has 1 aromatic carbocycles. The molecule has 2 aliphatic carbocycles. The molecule has 0 N–H and O–H groups in total. The third kappa shape index (κ3) is 5.55. The highest BCUT2D eigenvalue weighted by molar-refractivity contribution is 7.89. The summed E-state index contributed by atoms with van der Waals surface area (Å²) in [7, 11) is -0.961. The van der Waals surface area contributed by atoms with E-state index in [1.807, 2.05) is 38.1 Å². The van der Waals surface area contributed by atoms with Gasteiger partial charge in [-0.1, -0.05) is 46.4 Å². The number of benzene rings is 1. The summed E-state index contributed by atoms with van der Waals surface area (Å²) in [6.45, 7) is 12.5. The molecule has 0 spiro atoms. The van der Waals surface area contributed by atoms with E-state index in [1.54, 1.807) is 13.3 Å². The lowest BCUT2D eigenvalue weighted by Crippen LogP contribution is -2.38. The average Bonchev–Trinajstić information content (AvgIpc) is 3.25. The number of pyridine rings is 1. The van der Waals surface area contributed by atoms with E-state index in [0.717, 1.165) is 53.6 Å². The maximum absolute atomic E-state index is 14.4. The first kappa shape index (κ1) is 30.2. The first-order valence-electron chi connectivity index (χ1n) is 12.9. The van der Waals surface area contributed by atoms with Gasteiger partial charge < -0.3 is 0 Å². The highest BCUT2D eigenvalue weighted by Crippen LogP contribution is 2.69. The molecule has 208 valence electrons. The number of nitrogens with zero attached hydrogens (tertiary/aromatic N) is 4. The predicted molar refractivity (Wildman–Crippen MR) is 154 cm³/mol. The SMILES string of the molecule is C=C(C=NC)c1cccc(C23CC[C@@H](c4cc(-c5c(F)cccc5F)nnc42)C3(C)C)n1.CC.CS(C)(=O)=O. The van der Waals surface area contributed by atoms with E-state index < -0.39 is 26.9 Å². The first-order valence-corrected chi connectivity index (χ1v) is 15.2. The lowest BCUT2D eigenvalue weighted by atomic mass is 9.66. The number of sulfone groups is 1. The van der Waals surface area contributed by atoms with Crippen LogP contribution in [0.5, 0.6) is 0 Å². The molecule has 3 aromatic rings. The predicted octanol–water partition coefficient (Wildman–Crippen LogP) is 6.42. The largest absolute Gasteiger partial charge is 0.296 e. The van der Waals surface area contributed by atoms with Crippen LogP contribution in [0.1, 0.15) is 69.1 Å². The van der Waals surface area contributed by atoms with Crippen LogP contribution in [0.15, 0.2) is 54.0 Å². The Morgan fingerprint density at radius 1 is 1.08 bits per heavy atom. The Balaban J connectivity index is 0.000000542. The van der Waals surface area contributed by atoms with Gasteiger partial charge in [0.2, 0.25) is 0 Å². The van der Waals surface area contributed by atoms with Crippen molar-refractivity contribution in [1.29, 1.82) is 0 Å². The second-order valence-electron chi connectivity index (χ2n) is 10.3. The fourth-order valence-electron chi connectivity index (χ4n) is 5.83. The Kier molecular flexibility index (Phi) is 8.85. The van der Waals surface area contributed by atoms with Gasteiger partial charge in [-0.05, 0) is 60.1 Å². The Morgan fingerprint density at radius 2 is 1.67 bits per heavy atom. The van der Waals surface area contributed by atoms with Crippen molar-refractivity contribution in [2.75, 3.05) is 19.6 Å². The number of aliphatic imine (C=N–C) groups is 1. The molecular weight excluding hydrogens is 518 g/mol. The quantitative estimate of drug-likeness (QED) is 0.348. The smallest absolute Gasteiger partial charge is 0.144 e. The van der Waals surface area contributed by atoms with E-state index in [4.69, 9.17) is 4.98 Å². The van der Waals surface area contributed by atoms with E-state index in [-0.39, 0.29) is 22.6 Å². The van der Waals surface area contributed by atoms with E-state index in [0.29, 0.717) is 0 Å². The number of hydrogen-bond acceptors (Lipinski definition) is 6. The maximum atomic E-state index is 14.4. The van der Waals surface area contributed by atoms with Crippen LogP contribution < -0.4 is 0 Å². The van der Waals surface area contributed by atoms with Crippen LogP contribution in [0.25, 0.3) is 16.8 Å². The number of hydrogen-bond donors (Lipinski definition) is 0. The summed E-state index contributed by atoms with van der Waals surface area (Å²) in [5.74, 6) is -1.07. The summed E-state index contributed by atoms with van der Waals surface area (Å²) < 4.78 is 48.1. The van der Waals surface area contributed by atoms with Gasteiger partial charge in [0.05, 0.1) is 33.8 Å². The molecule has 9 heteroatoms. The van der Waals surface area contributed by atoms with Crippen molar-refractivity contribution in [3.63, 3.8) is 0 Å². The minimum Gasteiger partial charge on any atom is -0.296 e. The zero-order chi connectivity index (χ0) is 29.2. The van der Waals surface area contributed by atoms with Crippen LogP contribution in [-0.2, 0) is 15.3 Å². The number of aromatic nitrogens is 3. The molecule has 1 saturated carbocycles. The van der Waals surface area contributed by atoms with Crippen LogP contribution in [0.4, 0.5) is 8.78 Å². The van der Waals surface area contributed by atoms with Gasteiger partial charge in [-0.2, -0.15) is 5.10 Å². The highest BCUT2D eigenvalue weighted by Gasteiger charge is 2.65. The Hall–Kier alpha value is -3.33. The van der Waals surface area contributed by atoms with E-state index in [2.05, 4.69) is 35.6 Å². The maximum Gasteiger partial charge on any atom is 0.144 e. The van der Waals surface area contributed by atoms with Gasteiger partial charge in [-0.25, -0.2) is 17.2 Å². The second kappa shape index (κ2) is 11.4. The molecular formula is C30H36F2N4O2S. The molecule has 6 nitrogen and oxygen atoms in total. The molecule has 1 unspecified atom stereocenters. The molecule has 0 saturated heterocycles. The van der Waals surface area contributed by atoms with Crippen LogP contribution in [0.3, 0.4) is 0 Å². The van der Waals surface area contributed by atoms with Crippen LogP contribution in [0, 0.1) is 17.0 Å². The van der Waals surface area contributed by atoms with Crippen molar-refractivity contribution >= 4 is 21.6 Å². The van der Waals surface area contributed by atoms with Gasteiger partial charge in [-0.15, -0.1) is 5.10 Å². The molecule has 2 aliphatic rings. The Bertz CT molecular complexity index is 1490. The number of allylic oxidation sites excluding steroid dienone is 1. The lowest BCUT2D eigenvalue weighted by Gasteiger charge is -2.37. The third-order valence-electron chi connectivity index (χ3n) is 7.40. The zero-order valence-corrected chi connectivity index (χ0v) is 24.4. The van der Waals surface area contributed by atoms with Gasteiger partial charge >= 0.3 is 0 Å². The van der Waals surface area contributed by atoms with Gasteiger partial charge in [0.1, 0.15) is 21.5 Å². The molecule has 2 heterocycles. The minimum absolute atomic E-state index is 0.132. The first-order chi connectivity index (χ1) is 18.3. The Morgan fingerprint density at radius 3 is 2.26 bits per heavy atom. The molecule has 39 heavy (non-hydrogen) atoms. The minimum atomic E-state index is -2.67. The van der Waals surface area contributed by atoms with Crippen molar-refractivity contribution < 1.29 is 17.2 Å². The molecule has 0 amide bonds. The van der Waals surface area contributed by atoms with Gasteiger partial charge in [0.25, 0.3) is 0 Å². The topological polar surface area (TPSA) is 85.2 Å². The number of rotatable bonds is 4. The van der Waals surface area contributed by atoms with Crippen molar-refractivity contribution in [3.05, 3.63) is 83.3 Å². The normalized spacial score (nSPS) is 20.5. The van der Waals surface area contributed by atoms with E-state index in [9.17, 15) is 17.2 Å². The lowest BCUT2D eigenvalue weighted by molar-refractivity contribution is 0.243. The summed E-state index contributed by atoms with van der Waals surface area (Å²) in [4.78, 5) is 9.02. The van der Waals surface area contributed by atoms with Crippen LogP contribution >= 0.6 is 0 Å². The molecule has 2 bridgehead atoms. The van der Waals surface area contributed by atoms with Crippen molar-refractivity contribution in [3.8, 4) is 11.3 Å².